The largest absolute Gasteiger partial charge is 0.324 e. The molecule has 0 amide bonds. The Labute approximate surface area is 100 Å². The molecule has 17 heavy (non-hydrogen) atoms. The Morgan fingerprint density at radius 3 is 2.47 bits per heavy atom. The van der Waals surface area contributed by atoms with E-state index in [1.165, 1.54) is 18.6 Å². The Kier molecular flexibility index (Phi) is 2.47. The zero-order valence-corrected chi connectivity index (χ0v) is 9.92. The molecule has 1 nitrogen and oxygen atoms in total. The molecular weight excluding hydrogens is 220 g/mol. The number of benzene rings is 1. The van der Waals surface area contributed by atoms with Gasteiger partial charge in [-0.2, -0.15) is 0 Å². The Morgan fingerprint density at radius 2 is 1.82 bits per heavy atom. The van der Waals surface area contributed by atoms with Gasteiger partial charge in [0.1, 0.15) is 11.6 Å². The highest BCUT2D eigenvalue weighted by molar-refractivity contribution is 5.30. The first-order valence-corrected chi connectivity index (χ1v) is 6.28. The number of aryl methyl sites for hydroxylation is 1. The molecule has 1 aromatic rings. The van der Waals surface area contributed by atoms with E-state index in [4.69, 9.17) is 5.73 Å². The van der Waals surface area contributed by atoms with Gasteiger partial charge in [0.2, 0.25) is 0 Å². The van der Waals surface area contributed by atoms with E-state index in [-0.39, 0.29) is 11.5 Å². The first-order chi connectivity index (χ1) is 8.08. The Hall–Kier alpha value is -0.960. The highest BCUT2D eigenvalue weighted by atomic mass is 19.1. The summed E-state index contributed by atoms with van der Waals surface area (Å²) in [6.07, 6.45) is 3.37. The minimum atomic E-state index is -0.499. The van der Waals surface area contributed by atoms with Gasteiger partial charge in [-0.1, -0.05) is 6.07 Å². The molecule has 0 heterocycles. The number of nitrogens with two attached hydrogens (primary N) is 1. The minimum Gasteiger partial charge on any atom is -0.324 e. The van der Waals surface area contributed by atoms with E-state index < -0.39 is 17.7 Å². The summed E-state index contributed by atoms with van der Waals surface area (Å²) < 4.78 is 27.7. The molecule has 2 aliphatic rings. The van der Waals surface area contributed by atoms with E-state index in [2.05, 4.69) is 0 Å². The number of rotatable bonds is 2. The fraction of sp³-hybridized carbons (Fsp3) is 0.571. The lowest BCUT2D eigenvalue weighted by Crippen LogP contribution is -2.23. The zero-order valence-electron chi connectivity index (χ0n) is 9.92. The fourth-order valence-electron chi connectivity index (χ4n) is 3.27. The number of hydrogen-bond donors (Lipinski definition) is 1. The van der Waals surface area contributed by atoms with Crippen molar-refractivity contribution in [2.24, 2.45) is 23.5 Å². The minimum absolute atomic E-state index is 0.0938. The predicted molar refractivity (Wildman–Crippen MR) is 62.3 cm³/mol. The van der Waals surface area contributed by atoms with E-state index in [0.29, 0.717) is 5.56 Å². The summed E-state index contributed by atoms with van der Waals surface area (Å²) in [5.41, 5.74) is 6.64. The van der Waals surface area contributed by atoms with Crippen LogP contribution in [0, 0.1) is 36.3 Å². The topological polar surface area (TPSA) is 26.0 Å². The number of halogens is 2. The SMILES string of the molecule is Cc1ccc(F)c(C(N)C2CC3CC3C2)c1F. The average Bonchev–Trinajstić information content (AvgIpc) is 2.91. The standard InChI is InChI=1S/C14H17F2N/c1-7-2-3-11(15)12(13(7)16)14(17)10-5-8-4-9(8)6-10/h2-3,8-10,14H,4-6,17H2,1H3. The molecule has 3 rings (SSSR count). The van der Waals surface area contributed by atoms with Gasteiger partial charge in [-0.15, -0.1) is 0 Å². The molecule has 0 spiro atoms. The lowest BCUT2D eigenvalue weighted by atomic mass is 9.88. The molecule has 2 aliphatic carbocycles. The van der Waals surface area contributed by atoms with Crippen LogP contribution in [-0.4, -0.2) is 0 Å². The van der Waals surface area contributed by atoms with E-state index >= 15 is 0 Å². The highest BCUT2D eigenvalue weighted by Gasteiger charge is 2.48. The molecule has 3 unspecified atom stereocenters. The Morgan fingerprint density at radius 1 is 1.18 bits per heavy atom. The summed E-state index contributed by atoms with van der Waals surface area (Å²) in [5, 5.41) is 0. The summed E-state index contributed by atoms with van der Waals surface area (Å²) in [6, 6.07) is 2.30. The lowest BCUT2D eigenvalue weighted by Gasteiger charge is -2.22. The van der Waals surface area contributed by atoms with E-state index in [1.807, 2.05) is 0 Å². The predicted octanol–water partition coefficient (Wildman–Crippen LogP) is 3.32. The smallest absolute Gasteiger partial charge is 0.133 e. The molecule has 92 valence electrons. The Balaban J connectivity index is 1.90. The summed E-state index contributed by atoms with van der Waals surface area (Å²) in [7, 11) is 0. The zero-order chi connectivity index (χ0) is 12.2. The van der Waals surface area contributed by atoms with Gasteiger partial charge in [-0.3, -0.25) is 0 Å². The van der Waals surface area contributed by atoms with Crippen molar-refractivity contribution in [1.82, 2.24) is 0 Å². The molecule has 3 atom stereocenters. The summed E-state index contributed by atoms with van der Waals surface area (Å²) in [4.78, 5) is 0. The van der Waals surface area contributed by atoms with Crippen LogP contribution in [0.15, 0.2) is 12.1 Å². The van der Waals surface area contributed by atoms with Gasteiger partial charge in [-0.05, 0) is 55.6 Å². The van der Waals surface area contributed by atoms with Crippen molar-refractivity contribution >= 4 is 0 Å². The first kappa shape index (κ1) is 11.1. The fourth-order valence-corrected chi connectivity index (χ4v) is 3.27. The number of hydrogen-bond acceptors (Lipinski definition) is 1. The molecule has 2 saturated carbocycles. The molecule has 0 aliphatic heterocycles. The molecule has 0 bridgehead atoms. The quantitative estimate of drug-likeness (QED) is 0.839. The lowest BCUT2D eigenvalue weighted by molar-refractivity contribution is 0.379. The van der Waals surface area contributed by atoms with Gasteiger partial charge >= 0.3 is 0 Å². The molecular formula is C14H17F2N. The maximum atomic E-state index is 14.0. The third-order valence-electron chi connectivity index (χ3n) is 4.44. The molecule has 0 radical (unpaired) electrons. The van der Waals surface area contributed by atoms with Gasteiger partial charge in [0.05, 0.1) is 0 Å². The summed E-state index contributed by atoms with van der Waals surface area (Å²) in [5.74, 6) is 0.854. The van der Waals surface area contributed by atoms with Crippen molar-refractivity contribution in [3.63, 3.8) is 0 Å². The van der Waals surface area contributed by atoms with Crippen molar-refractivity contribution in [2.45, 2.75) is 32.2 Å². The van der Waals surface area contributed by atoms with Crippen LogP contribution >= 0.6 is 0 Å². The van der Waals surface area contributed by atoms with Crippen LogP contribution in [0.2, 0.25) is 0 Å². The van der Waals surface area contributed by atoms with E-state index in [9.17, 15) is 8.78 Å². The van der Waals surface area contributed by atoms with Gasteiger partial charge in [0.15, 0.2) is 0 Å². The molecule has 0 aromatic heterocycles. The van der Waals surface area contributed by atoms with Crippen LogP contribution in [0.3, 0.4) is 0 Å². The van der Waals surface area contributed by atoms with E-state index in [1.54, 1.807) is 6.92 Å². The molecule has 1 aromatic carbocycles. The monoisotopic (exact) mass is 237 g/mol. The molecule has 2 fully saturated rings. The van der Waals surface area contributed by atoms with Gasteiger partial charge < -0.3 is 5.73 Å². The van der Waals surface area contributed by atoms with Crippen molar-refractivity contribution in [3.05, 3.63) is 34.9 Å². The third-order valence-corrected chi connectivity index (χ3v) is 4.44. The number of fused-ring (bicyclic) bond motifs is 1. The first-order valence-electron chi connectivity index (χ1n) is 6.28. The third kappa shape index (κ3) is 1.77. The second kappa shape index (κ2) is 3.77. The maximum absolute atomic E-state index is 14.0. The second-order valence-corrected chi connectivity index (χ2v) is 5.61. The van der Waals surface area contributed by atoms with Crippen LogP contribution in [0.5, 0.6) is 0 Å². The molecule has 2 N–H and O–H groups in total. The normalized spacial score (nSPS) is 32.4. The Bertz CT molecular complexity index is 448. The molecule has 3 heteroatoms. The van der Waals surface area contributed by atoms with Gasteiger partial charge in [0, 0.05) is 11.6 Å². The molecule has 0 saturated heterocycles. The van der Waals surface area contributed by atoms with Crippen molar-refractivity contribution in [1.29, 1.82) is 0 Å². The maximum Gasteiger partial charge on any atom is 0.133 e. The van der Waals surface area contributed by atoms with E-state index in [0.717, 1.165) is 24.7 Å². The van der Waals surface area contributed by atoms with Crippen LogP contribution in [-0.2, 0) is 0 Å². The van der Waals surface area contributed by atoms with Crippen molar-refractivity contribution < 1.29 is 8.78 Å². The van der Waals surface area contributed by atoms with Crippen LogP contribution in [0.4, 0.5) is 8.78 Å². The second-order valence-electron chi connectivity index (χ2n) is 5.61. The van der Waals surface area contributed by atoms with Gasteiger partial charge in [0.25, 0.3) is 0 Å². The summed E-state index contributed by atoms with van der Waals surface area (Å²) in [6.45, 7) is 1.65. The average molecular weight is 237 g/mol. The van der Waals surface area contributed by atoms with Crippen molar-refractivity contribution in [3.8, 4) is 0 Å². The van der Waals surface area contributed by atoms with Crippen LogP contribution in [0.1, 0.15) is 36.4 Å². The summed E-state index contributed by atoms with van der Waals surface area (Å²) >= 11 is 0. The highest BCUT2D eigenvalue weighted by Crippen LogP contribution is 2.56. The van der Waals surface area contributed by atoms with Crippen molar-refractivity contribution in [2.75, 3.05) is 0 Å². The van der Waals surface area contributed by atoms with Crippen LogP contribution in [0.25, 0.3) is 0 Å². The van der Waals surface area contributed by atoms with Gasteiger partial charge in [-0.25, -0.2) is 8.78 Å². The van der Waals surface area contributed by atoms with Crippen LogP contribution < -0.4 is 5.73 Å².